The number of benzene rings is 2. The molecule has 0 bridgehead atoms. The van der Waals surface area contributed by atoms with Crippen molar-refractivity contribution in [3.05, 3.63) is 64.4 Å². The fourth-order valence-corrected chi connectivity index (χ4v) is 3.53. The Morgan fingerprint density at radius 2 is 2.00 bits per heavy atom. The number of hydrogen-bond donors (Lipinski definition) is 1. The van der Waals surface area contributed by atoms with Gasteiger partial charge in [-0.05, 0) is 55.3 Å². The van der Waals surface area contributed by atoms with E-state index in [1.807, 2.05) is 0 Å². The molecule has 0 spiro atoms. The Hall–Kier alpha value is -2.44. The molecule has 1 aliphatic rings. The zero-order chi connectivity index (χ0) is 20.1. The molecular formula is C21H22ClFN2O3. The molecule has 1 fully saturated rings. The summed E-state index contributed by atoms with van der Waals surface area (Å²) in [6.07, 6.45) is 1.68. The van der Waals surface area contributed by atoms with Crippen molar-refractivity contribution in [3.63, 3.8) is 0 Å². The van der Waals surface area contributed by atoms with Gasteiger partial charge in [0.25, 0.3) is 0 Å². The van der Waals surface area contributed by atoms with Crippen LogP contribution in [0.3, 0.4) is 0 Å². The molecule has 1 saturated heterocycles. The Bertz CT molecular complexity index is 857. The van der Waals surface area contributed by atoms with Crippen molar-refractivity contribution in [3.8, 4) is 0 Å². The van der Waals surface area contributed by atoms with Gasteiger partial charge in [0.15, 0.2) is 0 Å². The number of esters is 1. The summed E-state index contributed by atoms with van der Waals surface area (Å²) in [6, 6.07) is 11.0. The van der Waals surface area contributed by atoms with Crippen LogP contribution in [0.25, 0.3) is 0 Å². The van der Waals surface area contributed by atoms with Gasteiger partial charge in [-0.25, -0.2) is 9.18 Å². The SMILES string of the molecule is COC(=O)c1ccc(Cl)c(NC(=O)[C@H]2CCCN(Cc3ccc(F)cc3)C2)c1. The van der Waals surface area contributed by atoms with Gasteiger partial charge >= 0.3 is 5.97 Å². The first-order valence-electron chi connectivity index (χ1n) is 9.12. The van der Waals surface area contributed by atoms with Crippen molar-refractivity contribution in [1.82, 2.24) is 4.90 Å². The lowest BCUT2D eigenvalue weighted by molar-refractivity contribution is -0.121. The van der Waals surface area contributed by atoms with Gasteiger partial charge in [0.05, 0.1) is 29.3 Å². The van der Waals surface area contributed by atoms with E-state index in [2.05, 4.69) is 10.2 Å². The zero-order valence-electron chi connectivity index (χ0n) is 15.6. The molecule has 1 atom stereocenters. The molecule has 0 aliphatic carbocycles. The first-order chi connectivity index (χ1) is 13.5. The van der Waals surface area contributed by atoms with Crippen LogP contribution in [0.2, 0.25) is 5.02 Å². The highest BCUT2D eigenvalue weighted by Gasteiger charge is 2.26. The molecule has 5 nitrogen and oxygen atoms in total. The number of nitrogens with one attached hydrogen (secondary N) is 1. The topological polar surface area (TPSA) is 58.6 Å². The van der Waals surface area contributed by atoms with E-state index in [9.17, 15) is 14.0 Å². The van der Waals surface area contributed by atoms with Gasteiger partial charge in [-0.2, -0.15) is 0 Å². The lowest BCUT2D eigenvalue weighted by Crippen LogP contribution is -2.40. The number of ether oxygens (including phenoxy) is 1. The summed E-state index contributed by atoms with van der Waals surface area (Å²) in [5.74, 6) is -1.07. The highest BCUT2D eigenvalue weighted by atomic mass is 35.5. The van der Waals surface area contributed by atoms with E-state index < -0.39 is 5.97 Å². The maximum Gasteiger partial charge on any atom is 0.337 e. The fraction of sp³-hybridized carbons (Fsp3) is 0.333. The van der Waals surface area contributed by atoms with Gasteiger partial charge in [-0.15, -0.1) is 0 Å². The number of halogens is 2. The van der Waals surface area contributed by atoms with E-state index in [1.54, 1.807) is 24.3 Å². The van der Waals surface area contributed by atoms with E-state index in [4.69, 9.17) is 16.3 Å². The van der Waals surface area contributed by atoms with Gasteiger partial charge < -0.3 is 10.1 Å². The van der Waals surface area contributed by atoms with Crippen molar-refractivity contribution < 1.29 is 18.7 Å². The highest BCUT2D eigenvalue weighted by Crippen LogP contribution is 2.26. The monoisotopic (exact) mass is 404 g/mol. The number of anilines is 1. The standard InChI is InChI=1S/C21H22ClFN2O3/c1-28-21(27)15-6-9-18(22)19(11-15)24-20(26)16-3-2-10-25(13-16)12-14-4-7-17(23)8-5-14/h4-9,11,16H,2-3,10,12-13H2,1H3,(H,24,26)/t16-/m0/s1. The van der Waals surface area contributed by atoms with E-state index >= 15 is 0 Å². The third-order valence-electron chi connectivity index (χ3n) is 4.84. The van der Waals surface area contributed by atoms with Crippen molar-refractivity contribution in [2.24, 2.45) is 5.92 Å². The summed E-state index contributed by atoms with van der Waals surface area (Å²) in [4.78, 5) is 26.6. The lowest BCUT2D eigenvalue weighted by Gasteiger charge is -2.32. The number of carbonyl (C=O) groups is 2. The Balaban J connectivity index is 1.64. The largest absolute Gasteiger partial charge is 0.465 e. The molecule has 7 heteroatoms. The Kier molecular flexibility index (Phi) is 6.65. The van der Waals surface area contributed by atoms with Gasteiger partial charge in [0, 0.05) is 13.1 Å². The molecule has 1 N–H and O–H groups in total. The average molecular weight is 405 g/mol. The maximum atomic E-state index is 13.1. The fourth-order valence-electron chi connectivity index (χ4n) is 3.36. The predicted molar refractivity (Wildman–Crippen MR) is 106 cm³/mol. The Morgan fingerprint density at radius 3 is 2.71 bits per heavy atom. The molecule has 3 rings (SSSR count). The molecule has 1 heterocycles. The lowest BCUT2D eigenvalue weighted by atomic mass is 9.96. The number of nitrogens with zero attached hydrogens (tertiary/aromatic N) is 1. The number of piperidine rings is 1. The van der Waals surface area contributed by atoms with Crippen LogP contribution in [0.4, 0.5) is 10.1 Å². The minimum Gasteiger partial charge on any atom is -0.465 e. The molecular weight excluding hydrogens is 383 g/mol. The number of hydrogen-bond acceptors (Lipinski definition) is 4. The summed E-state index contributed by atoms with van der Waals surface area (Å²) >= 11 is 6.17. The van der Waals surface area contributed by atoms with Gasteiger partial charge in [-0.3, -0.25) is 9.69 Å². The van der Waals surface area contributed by atoms with Crippen LogP contribution < -0.4 is 5.32 Å². The van der Waals surface area contributed by atoms with Crippen LogP contribution in [0, 0.1) is 11.7 Å². The van der Waals surface area contributed by atoms with Crippen LogP contribution in [0.15, 0.2) is 42.5 Å². The van der Waals surface area contributed by atoms with E-state index in [0.29, 0.717) is 29.4 Å². The normalized spacial score (nSPS) is 17.2. The van der Waals surface area contributed by atoms with Gasteiger partial charge in [-0.1, -0.05) is 23.7 Å². The van der Waals surface area contributed by atoms with Crippen molar-refractivity contribution in [1.29, 1.82) is 0 Å². The molecule has 2 aromatic carbocycles. The van der Waals surface area contributed by atoms with Crippen LogP contribution in [-0.2, 0) is 16.1 Å². The minimum absolute atomic E-state index is 0.132. The number of methoxy groups -OCH3 is 1. The smallest absolute Gasteiger partial charge is 0.337 e. The molecule has 0 unspecified atom stereocenters. The minimum atomic E-state index is -0.490. The molecule has 148 valence electrons. The second kappa shape index (κ2) is 9.17. The van der Waals surface area contributed by atoms with Crippen molar-refractivity contribution in [2.75, 3.05) is 25.5 Å². The van der Waals surface area contributed by atoms with Crippen LogP contribution in [-0.4, -0.2) is 37.0 Å². The van der Waals surface area contributed by atoms with Gasteiger partial charge in [0.1, 0.15) is 5.82 Å². The summed E-state index contributed by atoms with van der Waals surface area (Å²) in [7, 11) is 1.30. The predicted octanol–water partition coefficient (Wildman–Crippen LogP) is 4.12. The van der Waals surface area contributed by atoms with E-state index in [-0.39, 0.29) is 17.6 Å². The summed E-state index contributed by atoms with van der Waals surface area (Å²) < 4.78 is 17.8. The molecule has 1 aliphatic heterocycles. The number of rotatable bonds is 5. The first-order valence-corrected chi connectivity index (χ1v) is 9.49. The van der Waals surface area contributed by atoms with Crippen LogP contribution in [0.1, 0.15) is 28.8 Å². The van der Waals surface area contributed by atoms with Crippen LogP contribution >= 0.6 is 11.6 Å². The molecule has 1 amide bonds. The quantitative estimate of drug-likeness (QED) is 0.762. The first kappa shape index (κ1) is 20.3. The molecule has 0 aromatic heterocycles. The van der Waals surface area contributed by atoms with Gasteiger partial charge in [0.2, 0.25) is 5.91 Å². The summed E-state index contributed by atoms with van der Waals surface area (Å²) in [5.41, 5.74) is 1.73. The summed E-state index contributed by atoms with van der Waals surface area (Å²) in [6.45, 7) is 2.17. The third-order valence-corrected chi connectivity index (χ3v) is 5.17. The Morgan fingerprint density at radius 1 is 1.25 bits per heavy atom. The molecule has 0 saturated carbocycles. The molecule has 28 heavy (non-hydrogen) atoms. The number of likely N-dealkylation sites (tertiary alicyclic amines) is 1. The van der Waals surface area contributed by atoms with Crippen LogP contribution in [0.5, 0.6) is 0 Å². The third kappa shape index (κ3) is 5.09. The maximum absolute atomic E-state index is 13.1. The van der Waals surface area contributed by atoms with Crippen molar-refractivity contribution >= 4 is 29.2 Å². The Labute approximate surface area is 168 Å². The highest BCUT2D eigenvalue weighted by molar-refractivity contribution is 6.33. The second-order valence-corrected chi connectivity index (χ2v) is 7.28. The second-order valence-electron chi connectivity index (χ2n) is 6.88. The average Bonchev–Trinajstić information content (AvgIpc) is 2.71. The van der Waals surface area contributed by atoms with Crippen molar-refractivity contribution in [2.45, 2.75) is 19.4 Å². The van der Waals surface area contributed by atoms with E-state index in [1.165, 1.54) is 25.3 Å². The molecule has 0 radical (unpaired) electrons. The summed E-state index contributed by atoms with van der Waals surface area (Å²) in [5, 5.41) is 3.20. The van der Waals surface area contributed by atoms with E-state index in [0.717, 1.165) is 24.9 Å². The number of amides is 1. The number of carbonyl (C=O) groups excluding carboxylic acids is 2. The molecule has 2 aromatic rings. The zero-order valence-corrected chi connectivity index (χ0v) is 16.3.